The Morgan fingerprint density at radius 2 is 1.58 bits per heavy atom. The van der Waals surface area contributed by atoms with Crippen LogP contribution in [0.4, 0.5) is 0 Å². The number of aliphatic hydroxyl groups is 1. The van der Waals surface area contributed by atoms with Gasteiger partial charge in [0.2, 0.25) is 0 Å². The lowest BCUT2D eigenvalue weighted by atomic mass is 10.7. The lowest BCUT2D eigenvalue weighted by Crippen LogP contribution is -2.10. The van der Waals surface area contributed by atoms with E-state index in [1.807, 2.05) is 0 Å². The fourth-order valence-corrected chi connectivity index (χ4v) is 0.542. The largest absolute Gasteiger partial charge is 0.465 e. The topological polar surface area (TPSA) is 65.0 Å². The molecule has 0 aromatic carbocycles. The van der Waals surface area contributed by atoms with E-state index in [0.717, 1.165) is 0 Å². The highest BCUT2D eigenvalue weighted by Crippen LogP contribution is 1.78. The molecule has 0 saturated heterocycles. The predicted octanol–water partition coefficient (Wildman–Crippen LogP) is -0.815. The summed E-state index contributed by atoms with van der Waals surface area (Å²) in [6, 6.07) is 0. The van der Waals surface area contributed by atoms with Gasteiger partial charge in [0.25, 0.3) is 6.47 Å². The molecule has 0 aliphatic carbocycles. The Hall–Kier alpha value is -0.650. The van der Waals surface area contributed by atoms with Crippen molar-refractivity contribution in [1.29, 1.82) is 0 Å². The molecule has 0 unspecified atom stereocenters. The third kappa shape index (κ3) is 9.35. The van der Waals surface area contributed by atoms with Crippen LogP contribution < -0.4 is 0 Å². The Labute approximate surface area is 71.2 Å². The molecule has 0 bridgehead atoms. The molecule has 0 aromatic rings. The summed E-state index contributed by atoms with van der Waals surface area (Å²) in [5.74, 6) is 0. The van der Waals surface area contributed by atoms with Gasteiger partial charge in [-0.25, -0.2) is 0 Å². The van der Waals surface area contributed by atoms with Crippen molar-refractivity contribution in [3.8, 4) is 0 Å². The Bertz CT molecular complexity index is 95.8. The summed E-state index contributed by atoms with van der Waals surface area (Å²) in [6.07, 6.45) is 0. The number of ether oxygens (including phenoxy) is 3. The molecule has 72 valence electrons. The van der Waals surface area contributed by atoms with Crippen molar-refractivity contribution in [2.45, 2.75) is 0 Å². The van der Waals surface area contributed by atoms with E-state index < -0.39 is 0 Å². The van der Waals surface area contributed by atoms with Crippen LogP contribution in [0.2, 0.25) is 0 Å². The molecule has 0 fully saturated rings. The minimum Gasteiger partial charge on any atom is -0.465 e. The summed E-state index contributed by atoms with van der Waals surface area (Å²) in [5.41, 5.74) is 0. The summed E-state index contributed by atoms with van der Waals surface area (Å²) >= 11 is 0. The van der Waals surface area contributed by atoms with E-state index in [2.05, 4.69) is 4.74 Å². The van der Waals surface area contributed by atoms with Crippen LogP contribution in [0.5, 0.6) is 0 Å². The van der Waals surface area contributed by atoms with E-state index >= 15 is 0 Å². The highest BCUT2D eigenvalue weighted by atomic mass is 16.6. The van der Waals surface area contributed by atoms with Gasteiger partial charge >= 0.3 is 0 Å². The van der Waals surface area contributed by atoms with Gasteiger partial charge in [-0.1, -0.05) is 0 Å². The van der Waals surface area contributed by atoms with Crippen LogP contribution in [0.3, 0.4) is 0 Å². The summed E-state index contributed by atoms with van der Waals surface area (Å²) in [5, 5.41) is 8.31. The van der Waals surface area contributed by atoms with Crippen molar-refractivity contribution in [3.63, 3.8) is 0 Å². The highest BCUT2D eigenvalue weighted by Gasteiger charge is 1.88. The van der Waals surface area contributed by atoms with Crippen LogP contribution in [-0.4, -0.2) is 51.2 Å². The van der Waals surface area contributed by atoms with E-state index in [0.29, 0.717) is 32.9 Å². The molecule has 12 heavy (non-hydrogen) atoms. The van der Waals surface area contributed by atoms with Crippen LogP contribution >= 0.6 is 0 Å². The van der Waals surface area contributed by atoms with Gasteiger partial charge in [-0.2, -0.15) is 0 Å². The molecule has 5 heteroatoms. The molecule has 5 nitrogen and oxygen atoms in total. The van der Waals surface area contributed by atoms with Crippen LogP contribution in [0.25, 0.3) is 0 Å². The van der Waals surface area contributed by atoms with E-state index in [9.17, 15) is 4.79 Å². The summed E-state index contributed by atoms with van der Waals surface area (Å²) in [4.78, 5) is 9.65. The van der Waals surface area contributed by atoms with Crippen molar-refractivity contribution in [2.24, 2.45) is 0 Å². The molecule has 0 rings (SSSR count). The Kier molecular flexibility index (Phi) is 9.79. The van der Waals surface area contributed by atoms with E-state index in [1.54, 1.807) is 0 Å². The van der Waals surface area contributed by atoms with Gasteiger partial charge in [-0.15, -0.1) is 0 Å². The van der Waals surface area contributed by atoms with Gasteiger partial charge in [0.15, 0.2) is 0 Å². The van der Waals surface area contributed by atoms with E-state index in [-0.39, 0.29) is 13.2 Å². The first-order valence-corrected chi connectivity index (χ1v) is 3.73. The first-order chi connectivity index (χ1) is 5.91. The minimum absolute atomic E-state index is 0.0221. The van der Waals surface area contributed by atoms with E-state index in [1.165, 1.54) is 0 Å². The average molecular weight is 178 g/mol. The van der Waals surface area contributed by atoms with Crippen molar-refractivity contribution in [3.05, 3.63) is 0 Å². The molecule has 0 saturated carbocycles. The van der Waals surface area contributed by atoms with Crippen molar-refractivity contribution < 1.29 is 24.1 Å². The quantitative estimate of drug-likeness (QED) is 0.369. The van der Waals surface area contributed by atoms with Gasteiger partial charge in [0, 0.05) is 0 Å². The van der Waals surface area contributed by atoms with Gasteiger partial charge in [0.05, 0.1) is 33.0 Å². The Balaban J connectivity index is 2.77. The molecular formula is C7H14O5. The van der Waals surface area contributed by atoms with Crippen LogP contribution in [0.15, 0.2) is 0 Å². The highest BCUT2D eigenvalue weighted by molar-refractivity contribution is 5.36. The van der Waals surface area contributed by atoms with E-state index in [4.69, 9.17) is 14.6 Å². The molecule has 0 aliphatic heterocycles. The zero-order chi connectivity index (χ0) is 9.07. The fourth-order valence-electron chi connectivity index (χ4n) is 0.542. The van der Waals surface area contributed by atoms with Gasteiger partial charge in [0.1, 0.15) is 6.61 Å². The fraction of sp³-hybridized carbons (Fsp3) is 0.857. The standard InChI is InChI=1S/C7H14O5/c8-1-2-10-3-4-11-5-6-12-7-9/h7-8H,1-6H2. The summed E-state index contributed by atoms with van der Waals surface area (Å²) < 4.78 is 14.3. The SMILES string of the molecule is O=COCCOCCOCCO. The maximum Gasteiger partial charge on any atom is 0.293 e. The summed E-state index contributed by atoms with van der Waals surface area (Å²) in [7, 11) is 0. The average Bonchev–Trinajstić information content (AvgIpc) is 2.10. The molecule has 1 N–H and O–H groups in total. The second kappa shape index (κ2) is 10.3. The van der Waals surface area contributed by atoms with Crippen molar-refractivity contribution >= 4 is 6.47 Å². The molecule has 0 radical (unpaired) electrons. The maximum absolute atomic E-state index is 9.65. The molecule has 0 atom stereocenters. The number of hydrogen-bond donors (Lipinski definition) is 1. The van der Waals surface area contributed by atoms with Gasteiger partial charge < -0.3 is 19.3 Å². The third-order valence-corrected chi connectivity index (χ3v) is 1.02. The molecule has 0 spiro atoms. The zero-order valence-electron chi connectivity index (χ0n) is 6.90. The predicted molar refractivity (Wildman–Crippen MR) is 40.7 cm³/mol. The molecule has 0 aromatic heterocycles. The van der Waals surface area contributed by atoms with Crippen molar-refractivity contribution in [1.82, 2.24) is 0 Å². The minimum atomic E-state index is 0.0221. The summed E-state index contributed by atoms with van der Waals surface area (Å²) in [6.45, 7) is 2.27. The molecule has 0 heterocycles. The van der Waals surface area contributed by atoms with Crippen LogP contribution in [0.1, 0.15) is 0 Å². The number of carbonyl (C=O) groups excluding carboxylic acids is 1. The maximum atomic E-state index is 9.65. The monoisotopic (exact) mass is 178 g/mol. The van der Waals surface area contributed by atoms with Crippen molar-refractivity contribution in [2.75, 3.05) is 39.6 Å². The first kappa shape index (κ1) is 11.4. The van der Waals surface area contributed by atoms with Crippen LogP contribution in [-0.2, 0) is 19.0 Å². The third-order valence-electron chi connectivity index (χ3n) is 1.02. The van der Waals surface area contributed by atoms with Gasteiger partial charge in [-0.3, -0.25) is 4.79 Å². The molecule has 0 aliphatic rings. The Morgan fingerprint density at radius 1 is 1.00 bits per heavy atom. The lowest BCUT2D eigenvalue weighted by molar-refractivity contribution is -0.130. The second-order valence-corrected chi connectivity index (χ2v) is 1.92. The smallest absolute Gasteiger partial charge is 0.293 e. The van der Waals surface area contributed by atoms with Gasteiger partial charge in [-0.05, 0) is 0 Å². The second-order valence-electron chi connectivity index (χ2n) is 1.92. The lowest BCUT2D eigenvalue weighted by Gasteiger charge is -2.03. The number of hydrogen-bond acceptors (Lipinski definition) is 5. The Morgan fingerprint density at radius 3 is 2.17 bits per heavy atom. The molecule has 0 amide bonds. The van der Waals surface area contributed by atoms with Crippen LogP contribution in [0, 0.1) is 0 Å². The zero-order valence-corrected chi connectivity index (χ0v) is 6.90. The number of rotatable bonds is 9. The first-order valence-electron chi connectivity index (χ1n) is 3.73. The number of aliphatic hydroxyl groups excluding tert-OH is 1. The molecular weight excluding hydrogens is 164 g/mol. The normalized spacial score (nSPS) is 9.75. The number of carbonyl (C=O) groups is 1.